The number of aromatic nitrogens is 8. The zero-order valence-corrected chi connectivity index (χ0v) is 85.5. The minimum Gasteiger partial charge on any atom is -0.479 e. The molecule has 0 unspecified atom stereocenters. The van der Waals surface area contributed by atoms with E-state index in [0.29, 0.717) is 139 Å². The van der Waals surface area contributed by atoms with Gasteiger partial charge in [-0.1, -0.05) is 116 Å². The van der Waals surface area contributed by atoms with E-state index in [1.54, 1.807) is 48.4 Å². The molecule has 2 saturated carbocycles. The normalized spacial score (nSPS) is 15.6. The molecule has 7 N–H and O–H groups in total. The molecule has 0 radical (unpaired) electrons. The van der Waals surface area contributed by atoms with E-state index in [-0.39, 0.29) is 67.3 Å². The number of ether oxygens (including phenoxy) is 2. The fourth-order valence-electron chi connectivity index (χ4n) is 16.1. The Balaban J connectivity index is 0.000000157. The van der Waals surface area contributed by atoms with Gasteiger partial charge >= 0.3 is 18.2 Å². The molecule has 8 heterocycles. The summed E-state index contributed by atoms with van der Waals surface area (Å²) in [5.41, 5.74) is 15.2. The average Bonchev–Trinajstić information content (AvgIpc) is 1.62. The molecule has 7 amide bonds. The molecule has 2 aliphatic carbocycles. The molecule has 4 aliphatic heterocycles. The Morgan fingerprint density at radius 1 is 0.407 bits per heavy atom. The number of aromatic amines is 1. The van der Waals surface area contributed by atoms with E-state index in [4.69, 9.17) is 34.3 Å². The number of carbonyl (C=O) groups excluding carboxylic acids is 7. The zero-order valence-electron chi connectivity index (χ0n) is 82.0. The third kappa shape index (κ3) is 27.7. The highest BCUT2D eigenvalue weighted by molar-refractivity contribution is 9.09. The van der Waals surface area contributed by atoms with E-state index in [0.717, 1.165) is 145 Å². The van der Waals surface area contributed by atoms with Crippen LogP contribution in [0.3, 0.4) is 0 Å². The second-order valence-corrected chi connectivity index (χ2v) is 44.7. The number of piperazine rings is 4. The van der Waals surface area contributed by atoms with Crippen molar-refractivity contribution in [1.82, 2.24) is 78.2 Å². The summed E-state index contributed by atoms with van der Waals surface area (Å²) in [5, 5.41) is 49.5. The fraction of sp³-hybridized carbons (Fsp3) is 0.429. The predicted molar refractivity (Wildman–Crippen MR) is 550 cm³/mol. The maximum atomic E-state index is 13.0. The molecule has 4 aromatic heterocycles. The molecule has 35 heteroatoms. The summed E-state index contributed by atoms with van der Waals surface area (Å²) in [6, 6.07) is 55.1. The van der Waals surface area contributed by atoms with Gasteiger partial charge in [-0.25, -0.2) is 34.3 Å². The first-order valence-electron chi connectivity index (χ1n) is 47.7. The van der Waals surface area contributed by atoms with Crippen LogP contribution < -0.4 is 5.32 Å². The van der Waals surface area contributed by atoms with E-state index in [1.807, 2.05) is 207 Å². The number of imidazole rings is 4. The molecule has 6 aliphatic rings. The topological polar surface area (TPSA) is 382 Å². The van der Waals surface area contributed by atoms with Crippen LogP contribution in [0.4, 0.5) is 9.59 Å². The van der Waals surface area contributed by atoms with E-state index < -0.39 is 36.7 Å². The summed E-state index contributed by atoms with van der Waals surface area (Å²) in [5.74, 6) is -1.28. The molecule has 0 atom stereocenters. The van der Waals surface area contributed by atoms with Crippen molar-refractivity contribution in [3.63, 3.8) is 0 Å². The number of nitrogens with zero attached hydrogens (tertiary/aromatic N) is 14. The van der Waals surface area contributed by atoms with Crippen LogP contribution in [0.25, 0.3) is 88.6 Å². The molecule has 4 saturated heterocycles. The number of hydrogen-bond donors (Lipinski definition) is 7. The van der Waals surface area contributed by atoms with Crippen molar-refractivity contribution in [3.05, 3.63) is 217 Å². The SMILES string of the molecule is CC(C)(C)OC(=O)N1CCN(C(=O)c2ccc(-c3ccc4nc[nH]c4c3)cc2)CC1.CC(C)(C)[Si](C)(C)OCCBr.CCCn1cnc2cc(-c3ccc(C(=O)N4CCN(C(=O)OC(C)(C)C)CC4)cc3)ccc21.Cl.O=C(O)C1(O)CC1.O=C(c1ccc(-c2ccc3c(c2)ncn3CCO)cc1)N1CCN(C(=O)C2(O)CC2)CC1.O=C(c1ccc(-c2ccc3c(c2)ncn3CCO)cc1)N1CCNCC1. The van der Waals surface area contributed by atoms with E-state index in [9.17, 15) is 43.5 Å². The number of rotatable bonds is 19. The number of aliphatic hydroxyl groups is 4. The van der Waals surface area contributed by atoms with Crippen LogP contribution in [0, 0.1) is 0 Å². The van der Waals surface area contributed by atoms with Gasteiger partial charge in [-0.3, -0.25) is 24.0 Å². The van der Waals surface area contributed by atoms with Gasteiger partial charge in [0.15, 0.2) is 13.9 Å². The maximum absolute atomic E-state index is 13.0. The quantitative estimate of drug-likeness (QED) is 0.0292. The van der Waals surface area contributed by atoms with Gasteiger partial charge in [0.25, 0.3) is 29.5 Å². The summed E-state index contributed by atoms with van der Waals surface area (Å²) in [7, 11) is -1.46. The maximum Gasteiger partial charge on any atom is 0.410 e. The van der Waals surface area contributed by atoms with E-state index in [2.05, 4.69) is 116 Å². The van der Waals surface area contributed by atoms with Gasteiger partial charge in [0.05, 0.1) is 82.7 Å². The molecule has 8 aromatic carbocycles. The molecule has 6 fully saturated rings. The van der Waals surface area contributed by atoms with Gasteiger partial charge in [0.2, 0.25) is 0 Å². The molecular formula is C105H132BrClN16O16Si. The number of carboxylic acid groups (broad SMARTS) is 1. The van der Waals surface area contributed by atoms with Gasteiger partial charge in [0, 0.05) is 159 Å². The van der Waals surface area contributed by atoms with Crippen molar-refractivity contribution >= 4 is 128 Å². The average molecular weight is 2020 g/mol. The van der Waals surface area contributed by atoms with Crippen LogP contribution in [0.15, 0.2) is 195 Å². The number of alkyl halides is 1. The molecule has 0 bridgehead atoms. The molecule has 18 rings (SSSR count). The van der Waals surface area contributed by atoms with Crippen LogP contribution in [0.2, 0.25) is 18.1 Å². The van der Waals surface area contributed by atoms with Gasteiger partial charge in [-0.05, 0) is 233 Å². The highest BCUT2D eigenvalue weighted by atomic mass is 79.9. The smallest absolute Gasteiger partial charge is 0.410 e. The molecular weight excluding hydrogens is 1880 g/mol. The largest absolute Gasteiger partial charge is 0.479 e. The molecule has 140 heavy (non-hydrogen) atoms. The number of benzene rings is 8. The first-order chi connectivity index (χ1) is 66.2. The van der Waals surface area contributed by atoms with Crippen LogP contribution in [-0.4, -0.2) is 307 Å². The summed E-state index contributed by atoms with van der Waals surface area (Å²) in [6.07, 6.45) is 9.38. The monoisotopic (exact) mass is 2010 g/mol. The first kappa shape index (κ1) is 107. The Hall–Kier alpha value is -12.3. The highest BCUT2D eigenvalue weighted by Gasteiger charge is 2.51. The van der Waals surface area contributed by atoms with Gasteiger partial charge < -0.3 is 97.7 Å². The van der Waals surface area contributed by atoms with Crippen LogP contribution >= 0.6 is 28.3 Å². The number of carbonyl (C=O) groups is 8. The van der Waals surface area contributed by atoms with Crippen molar-refractivity contribution in [2.75, 3.05) is 130 Å². The number of aryl methyl sites for hydroxylation is 1. The standard InChI is InChI=1S/C26H32N4O3.C24H26N4O4.C23H26N4O3.C20H22N4O2.C8H19BrOSi.C4H6O3.ClH/c1-5-12-30-18-27-22-17-21(10-11-23(22)30)19-6-8-20(9-7-19)24(31)28-13-15-29(16-14-28)25(32)33-26(2,3)4;29-14-13-28-16-25-20-15-19(5-6-21(20)28)17-1-3-18(4-2-17)22(30)26-9-11-27(12-10-26)23(31)24(32)7-8-24;1-23(2,3)30-22(29)27-12-10-26(11-13-27)21(28)17-6-4-16(5-7-17)18-8-9-19-20(14-18)25-15-24-19;25-12-11-24-14-22-18-13-17(5-6-19(18)24)15-1-3-16(4-2-15)20(26)23-9-7-21-8-10-23;1-8(2,3)11(4,5)10-7-6-9;5-3(6)4(7)1-2-4;/h6-11,17-18H,5,12-16H2,1-4H3;1-6,15-16,29,32H,7-14H2;4-9,14-15H,10-13H2,1-3H3,(H,24,25);1-6,13-14,21,25H,7-12H2;6-7H2,1-5H3;7H,1-2H2,(H,5,6);1H. The molecule has 746 valence electrons. The molecule has 12 aromatic rings. The number of aliphatic carboxylic acids is 1. The summed E-state index contributed by atoms with van der Waals surface area (Å²) >= 11 is 3.37. The summed E-state index contributed by atoms with van der Waals surface area (Å²) in [4.78, 5) is 131. The Bertz CT molecular complexity index is 6250. The van der Waals surface area contributed by atoms with E-state index in [1.165, 1.54) is 0 Å². The van der Waals surface area contributed by atoms with Crippen molar-refractivity contribution in [2.24, 2.45) is 0 Å². The summed E-state index contributed by atoms with van der Waals surface area (Å²) < 4.78 is 22.7. The highest BCUT2D eigenvalue weighted by Crippen LogP contribution is 2.39. The minimum absolute atomic E-state index is 0. The number of H-pyrrole nitrogens is 1. The Kier molecular flexibility index (Phi) is 35.7. The van der Waals surface area contributed by atoms with Crippen LogP contribution in [-0.2, 0) is 43.1 Å². The van der Waals surface area contributed by atoms with E-state index >= 15 is 0 Å². The van der Waals surface area contributed by atoms with Crippen molar-refractivity contribution < 1.29 is 77.8 Å². The lowest BCUT2D eigenvalue weighted by Crippen LogP contribution is -2.53. The first-order valence-corrected chi connectivity index (χ1v) is 51.7. The fourth-order valence-corrected chi connectivity index (χ4v) is 17.6. The lowest BCUT2D eigenvalue weighted by Gasteiger charge is -2.35. The lowest BCUT2D eigenvalue weighted by atomic mass is 10.0. The molecule has 0 spiro atoms. The predicted octanol–water partition coefficient (Wildman–Crippen LogP) is 15.4. The number of halogens is 2. The van der Waals surface area contributed by atoms with Crippen molar-refractivity contribution in [2.45, 2.75) is 162 Å². The van der Waals surface area contributed by atoms with Crippen molar-refractivity contribution in [3.8, 4) is 44.5 Å². The third-order valence-corrected chi connectivity index (χ3v) is 30.4. The number of amides is 7. The third-order valence-electron chi connectivity index (χ3n) is 25.6. The minimum atomic E-state index is -1.46. The number of nitrogens with one attached hydrogen (secondary N) is 2. The van der Waals surface area contributed by atoms with Gasteiger partial charge in [-0.2, -0.15) is 0 Å². The number of aliphatic hydroxyl groups excluding tert-OH is 2. The second kappa shape index (κ2) is 46.9. The second-order valence-electron chi connectivity index (χ2n) is 39.1. The number of fused-ring (bicyclic) bond motifs is 4. The zero-order chi connectivity index (χ0) is 99.7. The number of carboxylic acids is 1. The number of hydrogen-bond acceptors (Lipinski definition) is 20. The Morgan fingerprint density at radius 3 is 1.03 bits per heavy atom. The van der Waals surface area contributed by atoms with Crippen LogP contribution in [0.1, 0.15) is 143 Å². The van der Waals surface area contributed by atoms with Gasteiger partial charge in [-0.15, -0.1) is 12.4 Å². The van der Waals surface area contributed by atoms with Crippen LogP contribution in [0.5, 0.6) is 0 Å². The Labute approximate surface area is 832 Å². The summed E-state index contributed by atoms with van der Waals surface area (Å²) in [6.45, 7) is 36.5. The molecule has 32 nitrogen and oxygen atoms in total. The Morgan fingerprint density at radius 2 is 0.721 bits per heavy atom. The van der Waals surface area contributed by atoms with Gasteiger partial charge in [0.1, 0.15) is 16.8 Å². The lowest BCUT2D eigenvalue weighted by molar-refractivity contribution is -0.149. The van der Waals surface area contributed by atoms with Crippen molar-refractivity contribution in [1.29, 1.82) is 0 Å².